The first-order valence-electron chi connectivity index (χ1n) is 5.63. The molecule has 5 nitrogen and oxygen atoms in total. The SMILES string of the molecule is CC(CCCNC(=O)c1ccc(Cl)cn1)C(=O)O. The van der Waals surface area contributed by atoms with Gasteiger partial charge in [-0.1, -0.05) is 18.5 Å². The number of carboxylic acid groups (broad SMARTS) is 1. The predicted octanol–water partition coefficient (Wildman–Crippen LogP) is 1.97. The highest BCUT2D eigenvalue weighted by molar-refractivity contribution is 6.30. The number of halogens is 1. The van der Waals surface area contributed by atoms with Crippen LogP contribution in [0.15, 0.2) is 18.3 Å². The largest absolute Gasteiger partial charge is 0.481 e. The number of nitrogens with zero attached hydrogens (tertiary/aromatic N) is 1. The van der Waals surface area contributed by atoms with Gasteiger partial charge < -0.3 is 10.4 Å². The highest BCUT2D eigenvalue weighted by atomic mass is 35.5. The number of rotatable bonds is 6. The summed E-state index contributed by atoms with van der Waals surface area (Å²) in [6, 6.07) is 3.13. The van der Waals surface area contributed by atoms with Crippen molar-refractivity contribution in [1.29, 1.82) is 0 Å². The number of aromatic nitrogens is 1. The van der Waals surface area contributed by atoms with Crippen molar-refractivity contribution in [3.8, 4) is 0 Å². The van der Waals surface area contributed by atoms with Crippen molar-refractivity contribution in [3.05, 3.63) is 29.0 Å². The maximum atomic E-state index is 11.6. The maximum absolute atomic E-state index is 11.6. The minimum absolute atomic E-state index is 0.283. The highest BCUT2D eigenvalue weighted by Crippen LogP contribution is 2.07. The van der Waals surface area contributed by atoms with Crippen LogP contribution in [0.5, 0.6) is 0 Å². The summed E-state index contributed by atoms with van der Waals surface area (Å²) in [4.78, 5) is 26.1. The van der Waals surface area contributed by atoms with Gasteiger partial charge >= 0.3 is 5.97 Å². The van der Waals surface area contributed by atoms with Gasteiger partial charge in [0.25, 0.3) is 5.91 Å². The van der Waals surface area contributed by atoms with Gasteiger partial charge in [0.15, 0.2) is 0 Å². The van der Waals surface area contributed by atoms with Crippen molar-refractivity contribution in [3.63, 3.8) is 0 Å². The maximum Gasteiger partial charge on any atom is 0.306 e. The number of nitrogens with one attached hydrogen (secondary N) is 1. The Balaban J connectivity index is 2.29. The number of amides is 1. The zero-order valence-electron chi connectivity index (χ0n) is 10.0. The van der Waals surface area contributed by atoms with Gasteiger partial charge in [-0.25, -0.2) is 4.98 Å². The van der Waals surface area contributed by atoms with E-state index in [-0.39, 0.29) is 5.91 Å². The summed E-state index contributed by atoms with van der Waals surface area (Å²) >= 11 is 5.66. The number of hydrogen-bond acceptors (Lipinski definition) is 3. The molecule has 1 amide bonds. The van der Waals surface area contributed by atoms with Gasteiger partial charge in [-0.05, 0) is 25.0 Å². The lowest BCUT2D eigenvalue weighted by atomic mass is 10.1. The number of aliphatic carboxylic acids is 1. The average Bonchev–Trinajstić information content (AvgIpc) is 2.34. The van der Waals surface area contributed by atoms with Gasteiger partial charge in [0, 0.05) is 12.7 Å². The fourth-order valence-corrected chi connectivity index (χ4v) is 1.45. The fourth-order valence-electron chi connectivity index (χ4n) is 1.33. The second-order valence-corrected chi connectivity index (χ2v) is 4.44. The van der Waals surface area contributed by atoms with Gasteiger partial charge in [-0.3, -0.25) is 9.59 Å². The Bertz CT molecular complexity index is 420. The first-order valence-corrected chi connectivity index (χ1v) is 6.01. The van der Waals surface area contributed by atoms with Crippen LogP contribution in [0, 0.1) is 5.92 Å². The first-order chi connectivity index (χ1) is 8.50. The van der Waals surface area contributed by atoms with Crippen LogP contribution in [0.3, 0.4) is 0 Å². The van der Waals surface area contributed by atoms with Crippen molar-refractivity contribution in [2.24, 2.45) is 5.92 Å². The molecule has 18 heavy (non-hydrogen) atoms. The van der Waals surface area contributed by atoms with Crippen LogP contribution >= 0.6 is 11.6 Å². The van der Waals surface area contributed by atoms with E-state index >= 15 is 0 Å². The Kier molecular flexibility index (Phi) is 5.58. The predicted molar refractivity (Wildman–Crippen MR) is 67.6 cm³/mol. The Morgan fingerprint density at radius 2 is 2.22 bits per heavy atom. The number of carbonyl (C=O) groups is 2. The summed E-state index contributed by atoms with van der Waals surface area (Å²) in [6.07, 6.45) is 2.55. The molecule has 1 unspecified atom stereocenters. The second-order valence-electron chi connectivity index (χ2n) is 4.00. The number of pyridine rings is 1. The molecular weight excluding hydrogens is 256 g/mol. The van der Waals surface area contributed by atoms with E-state index in [9.17, 15) is 9.59 Å². The lowest BCUT2D eigenvalue weighted by molar-refractivity contribution is -0.141. The summed E-state index contributed by atoms with van der Waals surface area (Å²) in [5.74, 6) is -1.49. The molecule has 0 bridgehead atoms. The van der Waals surface area contributed by atoms with E-state index < -0.39 is 11.9 Å². The van der Waals surface area contributed by atoms with Crippen LogP contribution in [-0.4, -0.2) is 28.5 Å². The van der Waals surface area contributed by atoms with Crippen LogP contribution in [0.25, 0.3) is 0 Å². The Hall–Kier alpha value is -1.62. The molecule has 0 aliphatic carbocycles. The van der Waals surface area contributed by atoms with E-state index in [1.54, 1.807) is 13.0 Å². The third kappa shape index (κ3) is 4.71. The van der Waals surface area contributed by atoms with Crippen molar-refractivity contribution in [1.82, 2.24) is 10.3 Å². The van der Waals surface area contributed by atoms with E-state index in [2.05, 4.69) is 10.3 Å². The molecule has 0 saturated carbocycles. The molecule has 1 aromatic rings. The quantitative estimate of drug-likeness (QED) is 0.775. The fraction of sp³-hybridized carbons (Fsp3) is 0.417. The molecule has 1 atom stereocenters. The van der Waals surface area contributed by atoms with Crippen molar-refractivity contribution in [2.75, 3.05) is 6.54 Å². The monoisotopic (exact) mass is 270 g/mol. The smallest absolute Gasteiger partial charge is 0.306 e. The third-order valence-corrected chi connectivity index (χ3v) is 2.70. The van der Waals surface area contributed by atoms with Crippen LogP contribution in [0.4, 0.5) is 0 Å². The lowest BCUT2D eigenvalue weighted by Gasteiger charge is -2.07. The highest BCUT2D eigenvalue weighted by Gasteiger charge is 2.10. The van der Waals surface area contributed by atoms with Crippen LogP contribution in [0.1, 0.15) is 30.3 Å². The standard InChI is InChI=1S/C12H15ClN2O3/c1-8(12(17)18)3-2-6-14-11(16)10-5-4-9(13)7-15-10/h4-5,7-8H,2-3,6H2,1H3,(H,14,16)(H,17,18). The molecule has 1 heterocycles. The third-order valence-electron chi connectivity index (χ3n) is 2.48. The molecule has 1 rings (SSSR count). The summed E-state index contributed by atoms with van der Waals surface area (Å²) in [5, 5.41) is 11.8. The Morgan fingerprint density at radius 3 is 2.78 bits per heavy atom. The van der Waals surface area contributed by atoms with E-state index in [0.29, 0.717) is 30.1 Å². The van der Waals surface area contributed by atoms with E-state index in [1.165, 1.54) is 12.3 Å². The van der Waals surface area contributed by atoms with Gasteiger partial charge in [0.05, 0.1) is 10.9 Å². The Morgan fingerprint density at radius 1 is 1.50 bits per heavy atom. The van der Waals surface area contributed by atoms with Crippen LogP contribution in [0.2, 0.25) is 5.02 Å². The minimum atomic E-state index is -0.819. The molecule has 1 aromatic heterocycles. The van der Waals surface area contributed by atoms with E-state index in [1.807, 2.05) is 0 Å². The average molecular weight is 271 g/mol. The lowest BCUT2D eigenvalue weighted by Crippen LogP contribution is -2.26. The normalized spacial score (nSPS) is 11.9. The van der Waals surface area contributed by atoms with E-state index in [0.717, 1.165) is 0 Å². The molecule has 6 heteroatoms. The molecule has 0 aliphatic rings. The molecule has 0 aromatic carbocycles. The van der Waals surface area contributed by atoms with Crippen molar-refractivity contribution >= 4 is 23.5 Å². The number of carbonyl (C=O) groups excluding carboxylic acids is 1. The molecule has 0 spiro atoms. The van der Waals surface area contributed by atoms with Gasteiger partial charge in [-0.15, -0.1) is 0 Å². The first kappa shape index (κ1) is 14.4. The molecule has 0 aliphatic heterocycles. The van der Waals surface area contributed by atoms with E-state index in [4.69, 9.17) is 16.7 Å². The molecule has 98 valence electrons. The topological polar surface area (TPSA) is 79.3 Å². The molecule has 0 saturated heterocycles. The zero-order valence-corrected chi connectivity index (χ0v) is 10.8. The summed E-state index contributed by atoms with van der Waals surface area (Å²) < 4.78 is 0. The van der Waals surface area contributed by atoms with Crippen LogP contribution < -0.4 is 5.32 Å². The molecular formula is C12H15ClN2O3. The molecule has 0 radical (unpaired) electrons. The van der Waals surface area contributed by atoms with Crippen molar-refractivity contribution in [2.45, 2.75) is 19.8 Å². The minimum Gasteiger partial charge on any atom is -0.481 e. The van der Waals surface area contributed by atoms with Gasteiger partial charge in [0.2, 0.25) is 0 Å². The molecule has 2 N–H and O–H groups in total. The van der Waals surface area contributed by atoms with Gasteiger partial charge in [0.1, 0.15) is 5.69 Å². The number of hydrogen-bond donors (Lipinski definition) is 2. The summed E-state index contributed by atoms with van der Waals surface area (Å²) in [6.45, 7) is 2.08. The Labute approximate surface area is 110 Å². The summed E-state index contributed by atoms with van der Waals surface area (Å²) in [5.41, 5.74) is 0.297. The van der Waals surface area contributed by atoms with Gasteiger partial charge in [-0.2, -0.15) is 0 Å². The summed E-state index contributed by atoms with van der Waals surface area (Å²) in [7, 11) is 0. The zero-order chi connectivity index (χ0) is 13.5. The molecule has 0 fully saturated rings. The second kappa shape index (κ2) is 6.96. The van der Waals surface area contributed by atoms with Crippen LogP contribution in [-0.2, 0) is 4.79 Å². The number of carboxylic acids is 1. The van der Waals surface area contributed by atoms with Crippen molar-refractivity contribution < 1.29 is 14.7 Å².